The van der Waals surface area contributed by atoms with Gasteiger partial charge in [-0.05, 0) is 26.3 Å². The molecule has 5 heteroatoms. The smallest absolute Gasteiger partial charge is 0.218 e. The summed E-state index contributed by atoms with van der Waals surface area (Å²) >= 11 is 0. The van der Waals surface area contributed by atoms with Crippen LogP contribution < -0.4 is 5.32 Å². The first kappa shape index (κ1) is 12.9. The zero-order valence-corrected chi connectivity index (χ0v) is 10.7. The number of sulfonamides is 1. The molecule has 0 aliphatic carbocycles. The van der Waals surface area contributed by atoms with Gasteiger partial charge in [-0.3, -0.25) is 0 Å². The molecule has 1 N–H and O–H groups in total. The van der Waals surface area contributed by atoms with Gasteiger partial charge in [-0.2, -0.15) is 4.31 Å². The minimum Gasteiger partial charge on any atom is -0.315 e. The third-order valence-corrected chi connectivity index (χ3v) is 5.67. The van der Waals surface area contributed by atoms with E-state index in [4.69, 9.17) is 0 Å². The summed E-state index contributed by atoms with van der Waals surface area (Å²) in [5, 5.41) is 2.89. The van der Waals surface area contributed by atoms with Gasteiger partial charge in [0.25, 0.3) is 0 Å². The first-order valence-corrected chi connectivity index (χ1v) is 7.25. The maximum atomic E-state index is 12.3. The van der Waals surface area contributed by atoms with Gasteiger partial charge in [0.1, 0.15) is 0 Å². The topological polar surface area (TPSA) is 49.4 Å². The fourth-order valence-corrected chi connectivity index (χ4v) is 4.16. The highest BCUT2D eigenvalue weighted by Crippen LogP contribution is 2.18. The van der Waals surface area contributed by atoms with Gasteiger partial charge in [0.2, 0.25) is 10.0 Å². The van der Waals surface area contributed by atoms with Gasteiger partial charge < -0.3 is 5.32 Å². The van der Waals surface area contributed by atoms with Crippen molar-refractivity contribution in [2.75, 3.05) is 19.6 Å². The second-order valence-corrected chi connectivity index (χ2v) is 6.29. The van der Waals surface area contributed by atoms with Crippen molar-refractivity contribution in [1.82, 2.24) is 9.62 Å². The number of hydrogen-bond acceptors (Lipinski definition) is 3. The molecular weight excluding hydrogens is 212 g/mol. The Kier molecular flexibility index (Phi) is 4.55. The fourth-order valence-electron chi connectivity index (χ4n) is 2.02. The van der Waals surface area contributed by atoms with Crippen LogP contribution in [0.4, 0.5) is 0 Å². The van der Waals surface area contributed by atoms with Crippen LogP contribution in [0, 0.1) is 0 Å². The lowest BCUT2D eigenvalue weighted by atomic mass is 10.3. The van der Waals surface area contributed by atoms with Crippen LogP contribution in [0.25, 0.3) is 0 Å². The van der Waals surface area contributed by atoms with Crippen molar-refractivity contribution in [2.24, 2.45) is 0 Å². The summed E-state index contributed by atoms with van der Waals surface area (Å²) in [6.07, 6.45) is 1.61. The molecule has 0 radical (unpaired) electrons. The van der Waals surface area contributed by atoms with Gasteiger partial charge in [0.05, 0.1) is 5.25 Å². The van der Waals surface area contributed by atoms with E-state index in [0.29, 0.717) is 13.1 Å². The van der Waals surface area contributed by atoms with E-state index < -0.39 is 10.0 Å². The lowest BCUT2D eigenvalue weighted by molar-refractivity contribution is 0.338. The zero-order valence-electron chi connectivity index (χ0n) is 9.86. The predicted octanol–water partition coefficient (Wildman–Crippen LogP) is 0.798. The van der Waals surface area contributed by atoms with E-state index >= 15 is 0 Å². The SMILES string of the molecule is CCC(C)N(CC)S(=O)(=O)C1CCNC1. The molecule has 1 saturated heterocycles. The molecule has 0 saturated carbocycles. The van der Waals surface area contributed by atoms with Crippen LogP contribution in [0.1, 0.15) is 33.6 Å². The van der Waals surface area contributed by atoms with Crippen molar-refractivity contribution in [3.63, 3.8) is 0 Å². The Morgan fingerprint density at radius 2 is 2.13 bits per heavy atom. The third-order valence-electron chi connectivity index (χ3n) is 3.16. The van der Waals surface area contributed by atoms with Crippen molar-refractivity contribution in [3.05, 3.63) is 0 Å². The molecule has 0 spiro atoms. The van der Waals surface area contributed by atoms with Crippen molar-refractivity contribution in [1.29, 1.82) is 0 Å². The van der Waals surface area contributed by atoms with Gasteiger partial charge >= 0.3 is 0 Å². The second kappa shape index (κ2) is 5.27. The monoisotopic (exact) mass is 234 g/mol. The molecule has 1 heterocycles. The van der Waals surface area contributed by atoms with E-state index in [9.17, 15) is 8.42 Å². The van der Waals surface area contributed by atoms with Crippen molar-refractivity contribution in [2.45, 2.75) is 44.9 Å². The lowest BCUT2D eigenvalue weighted by Gasteiger charge is -2.28. The van der Waals surface area contributed by atoms with Crippen molar-refractivity contribution in [3.8, 4) is 0 Å². The van der Waals surface area contributed by atoms with Gasteiger partial charge in [0, 0.05) is 19.1 Å². The largest absolute Gasteiger partial charge is 0.315 e. The summed E-state index contributed by atoms with van der Waals surface area (Å²) < 4.78 is 26.1. The van der Waals surface area contributed by atoms with E-state index in [-0.39, 0.29) is 11.3 Å². The molecule has 1 rings (SSSR count). The molecule has 1 aliphatic heterocycles. The molecule has 2 atom stereocenters. The quantitative estimate of drug-likeness (QED) is 0.765. The predicted molar refractivity (Wildman–Crippen MR) is 62.3 cm³/mol. The Bertz CT molecular complexity index is 284. The average molecular weight is 234 g/mol. The van der Waals surface area contributed by atoms with E-state index in [1.807, 2.05) is 20.8 Å². The van der Waals surface area contributed by atoms with Crippen LogP contribution in [-0.4, -0.2) is 43.6 Å². The van der Waals surface area contributed by atoms with Crippen LogP contribution in [0.15, 0.2) is 0 Å². The van der Waals surface area contributed by atoms with E-state index in [1.165, 1.54) is 0 Å². The van der Waals surface area contributed by atoms with E-state index in [1.54, 1.807) is 4.31 Å². The fraction of sp³-hybridized carbons (Fsp3) is 1.00. The standard InChI is InChI=1S/C10H22N2O2S/c1-4-9(3)12(5-2)15(13,14)10-6-7-11-8-10/h9-11H,4-8H2,1-3H3. The maximum absolute atomic E-state index is 12.3. The van der Waals surface area contributed by atoms with Crippen LogP contribution >= 0.6 is 0 Å². The highest BCUT2D eigenvalue weighted by molar-refractivity contribution is 7.89. The molecule has 0 bridgehead atoms. The first-order chi connectivity index (χ1) is 7.04. The second-order valence-electron chi connectivity index (χ2n) is 4.12. The van der Waals surface area contributed by atoms with Gasteiger partial charge in [0.15, 0.2) is 0 Å². The molecule has 0 amide bonds. The molecule has 1 fully saturated rings. The van der Waals surface area contributed by atoms with Crippen molar-refractivity contribution < 1.29 is 8.42 Å². The van der Waals surface area contributed by atoms with Crippen LogP contribution in [-0.2, 0) is 10.0 Å². The Balaban J connectivity index is 2.81. The molecule has 0 aromatic rings. The normalized spacial score (nSPS) is 24.7. The molecule has 1 aliphatic rings. The summed E-state index contributed by atoms with van der Waals surface area (Å²) in [7, 11) is -3.09. The minimum atomic E-state index is -3.09. The van der Waals surface area contributed by atoms with Crippen LogP contribution in [0.5, 0.6) is 0 Å². The Hall–Kier alpha value is -0.130. The Morgan fingerprint density at radius 1 is 1.47 bits per heavy atom. The minimum absolute atomic E-state index is 0.112. The number of rotatable bonds is 5. The number of hydrogen-bond donors (Lipinski definition) is 1. The zero-order chi connectivity index (χ0) is 11.5. The average Bonchev–Trinajstić information content (AvgIpc) is 2.71. The number of nitrogens with zero attached hydrogens (tertiary/aromatic N) is 1. The molecule has 15 heavy (non-hydrogen) atoms. The summed E-state index contributed by atoms with van der Waals surface area (Å²) in [4.78, 5) is 0. The third kappa shape index (κ3) is 2.71. The van der Waals surface area contributed by atoms with E-state index in [2.05, 4.69) is 5.32 Å². The Labute approximate surface area is 93.1 Å². The van der Waals surface area contributed by atoms with Gasteiger partial charge in [-0.15, -0.1) is 0 Å². The van der Waals surface area contributed by atoms with Crippen LogP contribution in [0.2, 0.25) is 0 Å². The first-order valence-electron chi connectivity index (χ1n) is 5.75. The van der Waals surface area contributed by atoms with Crippen LogP contribution in [0.3, 0.4) is 0 Å². The maximum Gasteiger partial charge on any atom is 0.218 e. The van der Waals surface area contributed by atoms with Gasteiger partial charge in [-0.1, -0.05) is 13.8 Å². The van der Waals surface area contributed by atoms with Gasteiger partial charge in [-0.25, -0.2) is 8.42 Å². The van der Waals surface area contributed by atoms with Crippen molar-refractivity contribution >= 4 is 10.0 Å². The highest BCUT2D eigenvalue weighted by Gasteiger charge is 2.35. The molecule has 0 aromatic heterocycles. The molecular formula is C10H22N2O2S. The Morgan fingerprint density at radius 3 is 2.53 bits per heavy atom. The molecule has 4 nitrogen and oxygen atoms in total. The molecule has 2 unspecified atom stereocenters. The number of nitrogens with one attached hydrogen (secondary N) is 1. The molecule has 90 valence electrons. The highest BCUT2D eigenvalue weighted by atomic mass is 32.2. The summed E-state index contributed by atoms with van der Waals surface area (Å²) in [6, 6.07) is 0.112. The van der Waals surface area contributed by atoms with E-state index in [0.717, 1.165) is 19.4 Å². The molecule has 0 aromatic carbocycles. The summed E-state index contributed by atoms with van der Waals surface area (Å²) in [6.45, 7) is 7.91. The lowest BCUT2D eigenvalue weighted by Crippen LogP contribution is -2.44. The summed E-state index contributed by atoms with van der Waals surface area (Å²) in [5.74, 6) is 0. The summed E-state index contributed by atoms with van der Waals surface area (Å²) in [5.41, 5.74) is 0.